The number of benzene rings is 2. The minimum Gasteiger partial charge on any atom is -0.361 e. The number of sulfonamides is 1. The summed E-state index contributed by atoms with van der Waals surface area (Å²) in [6.07, 6.45) is 3.53. The Hall–Kier alpha value is -2.75. The molecule has 0 spiro atoms. The predicted octanol–water partition coefficient (Wildman–Crippen LogP) is 3.78. The molecule has 0 atom stereocenters. The summed E-state index contributed by atoms with van der Waals surface area (Å²) in [5.74, 6) is 0.340. The number of halogens is 1. The van der Waals surface area contributed by atoms with E-state index in [0.717, 1.165) is 26.6 Å². The number of aromatic nitrogens is 3. The van der Waals surface area contributed by atoms with Crippen molar-refractivity contribution < 1.29 is 8.42 Å². The summed E-state index contributed by atoms with van der Waals surface area (Å²) in [6.45, 7) is 0. The minimum absolute atomic E-state index is 0.0157. The minimum atomic E-state index is -3.79. The van der Waals surface area contributed by atoms with Gasteiger partial charge in [0.1, 0.15) is 0 Å². The molecule has 2 aromatic carbocycles. The van der Waals surface area contributed by atoms with Crippen molar-refractivity contribution in [3.8, 4) is 11.3 Å². The Labute approximate surface area is 163 Å². The monoisotopic (exact) mass is 443 g/mol. The summed E-state index contributed by atoms with van der Waals surface area (Å²) in [5, 5.41) is 9.25. The first kappa shape index (κ1) is 17.7. The molecule has 136 valence electrons. The number of hydrogen-bond acceptors (Lipinski definition) is 5. The van der Waals surface area contributed by atoms with Gasteiger partial charge >= 0.3 is 0 Å². The van der Waals surface area contributed by atoms with Crippen molar-refractivity contribution in [2.45, 2.75) is 4.90 Å². The van der Waals surface area contributed by atoms with Gasteiger partial charge in [0.05, 0.1) is 15.1 Å². The van der Waals surface area contributed by atoms with E-state index in [0.29, 0.717) is 11.6 Å². The van der Waals surface area contributed by atoms with E-state index in [1.54, 1.807) is 18.3 Å². The van der Waals surface area contributed by atoms with E-state index in [1.165, 1.54) is 12.1 Å². The average Bonchev–Trinajstić information content (AvgIpc) is 3.12. The highest BCUT2D eigenvalue weighted by molar-refractivity contribution is 9.10. The van der Waals surface area contributed by atoms with Crippen LogP contribution in [-0.2, 0) is 10.0 Å². The molecule has 27 heavy (non-hydrogen) atoms. The van der Waals surface area contributed by atoms with Gasteiger partial charge in [-0.15, -0.1) is 0 Å². The smallest absolute Gasteiger partial charge is 0.238 e. The highest BCUT2D eigenvalue weighted by atomic mass is 79.9. The SMILES string of the molecule is NS(=O)(=O)c1cccc(Nc2ncc(Br)c(-c3cccc4[nH]ccc34)n2)c1. The average molecular weight is 444 g/mol. The van der Waals surface area contributed by atoms with E-state index in [-0.39, 0.29) is 4.90 Å². The van der Waals surface area contributed by atoms with Crippen LogP contribution in [0.4, 0.5) is 11.6 Å². The van der Waals surface area contributed by atoms with E-state index in [4.69, 9.17) is 5.14 Å². The zero-order chi connectivity index (χ0) is 19.0. The molecule has 0 saturated carbocycles. The van der Waals surface area contributed by atoms with Gasteiger partial charge < -0.3 is 10.3 Å². The lowest BCUT2D eigenvalue weighted by Crippen LogP contribution is -2.12. The number of fused-ring (bicyclic) bond motifs is 1. The highest BCUT2D eigenvalue weighted by Crippen LogP contribution is 2.32. The molecule has 2 heterocycles. The van der Waals surface area contributed by atoms with E-state index >= 15 is 0 Å². The highest BCUT2D eigenvalue weighted by Gasteiger charge is 2.13. The number of primary sulfonamides is 1. The van der Waals surface area contributed by atoms with E-state index < -0.39 is 10.0 Å². The molecule has 4 aromatic rings. The largest absolute Gasteiger partial charge is 0.361 e. The zero-order valence-corrected chi connectivity index (χ0v) is 16.3. The van der Waals surface area contributed by atoms with Crippen molar-refractivity contribution in [3.63, 3.8) is 0 Å². The lowest BCUT2D eigenvalue weighted by Gasteiger charge is -2.10. The fourth-order valence-electron chi connectivity index (χ4n) is 2.79. The first-order chi connectivity index (χ1) is 12.9. The Bertz CT molecular complexity index is 1250. The number of H-pyrrole nitrogens is 1. The van der Waals surface area contributed by atoms with Gasteiger partial charge in [0.15, 0.2) is 0 Å². The van der Waals surface area contributed by atoms with Crippen LogP contribution in [-0.4, -0.2) is 23.4 Å². The summed E-state index contributed by atoms with van der Waals surface area (Å²) in [5.41, 5.74) is 3.20. The maximum atomic E-state index is 11.5. The molecule has 4 N–H and O–H groups in total. The number of rotatable bonds is 4. The molecule has 0 aliphatic rings. The van der Waals surface area contributed by atoms with Crippen LogP contribution in [0.1, 0.15) is 0 Å². The molecule has 0 saturated heterocycles. The van der Waals surface area contributed by atoms with Gasteiger partial charge in [-0.1, -0.05) is 18.2 Å². The number of nitrogens with one attached hydrogen (secondary N) is 2. The fraction of sp³-hybridized carbons (Fsp3) is 0. The standard InChI is InChI=1S/C18H14BrN5O2S/c19-15-10-22-18(23-11-3-1-4-12(9-11)27(20,25)26)24-17(15)14-5-2-6-16-13(14)7-8-21-16/h1-10,21H,(H2,20,25,26)(H,22,23,24). The summed E-state index contributed by atoms with van der Waals surface area (Å²) < 4.78 is 23.8. The second kappa shape index (κ2) is 6.76. The molecule has 0 unspecified atom stereocenters. The number of anilines is 2. The van der Waals surface area contributed by atoms with Crippen molar-refractivity contribution in [3.05, 3.63) is 65.4 Å². The van der Waals surface area contributed by atoms with Gasteiger partial charge in [0, 0.05) is 34.5 Å². The molecule has 2 aromatic heterocycles. The molecule has 7 nitrogen and oxygen atoms in total. The number of hydrogen-bond donors (Lipinski definition) is 3. The normalized spacial score (nSPS) is 11.6. The Morgan fingerprint density at radius 3 is 2.74 bits per heavy atom. The Morgan fingerprint density at radius 2 is 1.93 bits per heavy atom. The van der Waals surface area contributed by atoms with E-state index in [9.17, 15) is 8.42 Å². The third kappa shape index (κ3) is 3.57. The fourth-order valence-corrected chi connectivity index (χ4v) is 3.75. The van der Waals surface area contributed by atoms with Crippen molar-refractivity contribution in [1.29, 1.82) is 0 Å². The second-order valence-corrected chi connectivity index (χ2v) is 8.25. The van der Waals surface area contributed by atoms with Gasteiger partial charge in [-0.3, -0.25) is 0 Å². The second-order valence-electron chi connectivity index (χ2n) is 5.83. The van der Waals surface area contributed by atoms with Gasteiger partial charge in [-0.05, 0) is 46.3 Å². The van der Waals surface area contributed by atoms with Crippen LogP contribution < -0.4 is 10.5 Å². The Balaban J connectivity index is 1.75. The Kier molecular flexibility index (Phi) is 4.42. The van der Waals surface area contributed by atoms with Gasteiger partial charge in [0.2, 0.25) is 16.0 Å². The first-order valence-electron chi connectivity index (χ1n) is 7.91. The molecule has 0 aliphatic heterocycles. The van der Waals surface area contributed by atoms with E-state index in [2.05, 4.69) is 36.2 Å². The summed E-state index contributed by atoms with van der Waals surface area (Å²) in [6, 6.07) is 14.1. The topological polar surface area (TPSA) is 114 Å². The third-order valence-electron chi connectivity index (χ3n) is 4.01. The Morgan fingerprint density at radius 1 is 1.11 bits per heavy atom. The zero-order valence-electron chi connectivity index (χ0n) is 13.8. The number of nitrogens with two attached hydrogens (primary N) is 1. The number of aromatic amines is 1. The lowest BCUT2D eigenvalue weighted by atomic mass is 10.1. The number of nitrogens with zero attached hydrogens (tertiary/aromatic N) is 2. The van der Waals surface area contributed by atoms with Crippen LogP contribution >= 0.6 is 15.9 Å². The summed E-state index contributed by atoms with van der Waals surface area (Å²) in [7, 11) is -3.79. The van der Waals surface area contributed by atoms with Crippen LogP contribution in [0.2, 0.25) is 0 Å². The predicted molar refractivity (Wildman–Crippen MR) is 108 cm³/mol. The van der Waals surface area contributed by atoms with E-state index in [1.807, 2.05) is 30.5 Å². The van der Waals surface area contributed by atoms with Gasteiger partial charge in [-0.25, -0.2) is 23.5 Å². The molecular formula is C18H14BrN5O2S. The molecule has 0 radical (unpaired) electrons. The van der Waals surface area contributed by atoms with Crippen LogP contribution in [0.3, 0.4) is 0 Å². The molecule has 4 rings (SSSR count). The third-order valence-corrected chi connectivity index (χ3v) is 5.50. The summed E-state index contributed by atoms with van der Waals surface area (Å²) in [4.78, 5) is 12.1. The van der Waals surface area contributed by atoms with Gasteiger partial charge in [-0.2, -0.15) is 0 Å². The van der Waals surface area contributed by atoms with Crippen LogP contribution in [0, 0.1) is 0 Å². The molecule has 0 fully saturated rings. The lowest BCUT2D eigenvalue weighted by molar-refractivity contribution is 0.598. The molecule has 0 bridgehead atoms. The van der Waals surface area contributed by atoms with Crippen LogP contribution in [0.25, 0.3) is 22.2 Å². The van der Waals surface area contributed by atoms with Crippen LogP contribution in [0.5, 0.6) is 0 Å². The summed E-state index contributed by atoms with van der Waals surface area (Å²) >= 11 is 3.51. The first-order valence-corrected chi connectivity index (χ1v) is 10.2. The van der Waals surface area contributed by atoms with Crippen molar-refractivity contribution in [1.82, 2.24) is 15.0 Å². The molecule has 9 heteroatoms. The molecule has 0 amide bonds. The van der Waals surface area contributed by atoms with Crippen molar-refractivity contribution in [2.75, 3.05) is 5.32 Å². The van der Waals surface area contributed by atoms with Gasteiger partial charge in [0.25, 0.3) is 0 Å². The van der Waals surface area contributed by atoms with Crippen molar-refractivity contribution in [2.24, 2.45) is 5.14 Å². The maximum Gasteiger partial charge on any atom is 0.238 e. The maximum absolute atomic E-state index is 11.5. The quantitative estimate of drug-likeness (QED) is 0.443. The van der Waals surface area contributed by atoms with Crippen LogP contribution in [0.15, 0.2) is 70.3 Å². The molecule has 0 aliphatic carbocycles. The molecular weight excluding hydrogens is 430 g/mol. The van der Waals surface area contributed by atoms with Crippen molar-refractivity contribution >= 4 is 48.5 Å².